The number of nitrogens with two attached hydrogens (primary N) is 1. The summed E-state index contributed by atoms with van der Waals surface area (Å²) in [5, 5.41) is 13.1. The Hall–Kier alpha value is -1.20. The summed E-state index contributed by atoms with van der Waals surface area (Å²) in [5.41, 5.74) is 5.99. The molecule has 0 spiro atoms. The van der Waals surface area contributed by atoms with Crippen molar-refractivity contribution in [2.24, 2.45) is 10.7 Å². The van der Waals surface area contributed by atoms with Gasteiger partial charge < -0.3 is 16.2 Å². The van der Waals surface area contributed by atoms with Crippen molar-refractivity contribution >= 4 is 23.4 Å². The van der Waals surface area contributed by atoms with Crippen LogP contribution in [0.2, 0.25) is 0 Å². The predicted octanol–water partition coefficient (Wildman–Crippen LogP) is 1.28. The first-order valence-electron chi connectivity index (χ1n) is 5.60. The first-order chi connectivity index (χ1) is 8.18. The van der Waals surface area contributed by atoms with Gasteiger partial charge in [-0.1, -0.05) is 18.2 Å². The number of nitrogens with zero attached hydrogens (tertiary/aromatic N) is 1. The third kappa shape index (κ3) is 3.64. The third-order valence-corrected chi connectivity index (χ3v) is 3.91. The molecule has 1 aromatic rings. The third-order valence-electron chi connectivity index (χ3n) is 2.67. The molecule has 1 atom stereocenters. The van der Waals surface area contributed by atoms with E-state index in [1.54, 1.807) is 11.8 Å². The molecule has 1 aromatic carbocycles. The zero-order valence-corrected chi connectivity index (χ0v) is 10.4. The van der Waals surface area contributed by atoms with Crippen LogP contribution in [0.3, 0.4) is 0 Å². The molecule has 0 amide bonds. The SMILES string of the molecule is NC(=NCC1(O)CCSC1)Nc1ccccc1. The lowest BCUT2D eigenvalue weighted by Gasteiger charge is -2.18. The average molecular weight is 251 g/mol. The highest BCUT2D eigenvalue weighted by atomic mass is 32.2. The molecule has 4 nitrogen and oxygen atoms in total. The van der Waals surface area contributed by atoms with Crippen LogP contribution in [-0.4, -0.2) is 34.7 Å². The van der Waals surface area contributed by atoms with Gasteiger partial charge in [0.05, 0.1) is 12.1 Å². The van der Waals surface area contributed by atoms with Crippen LogP contribution in [0.5, 0.6) is 0 Å². The second-order valence-electron chi connectivity index (χ2n) is 4.22. The fourth-order valence-corrected chi connectivity index (χ4v) is 2.95. The van der Waals surface area contributed by atoms with E-state index in [2.05, 4.69) is 10.3 Å². The Morgan fingerprint density at radius 3 is 2.88 bits per heavy atom. The van der Waals surface area contributed by atoms with E-state index in [9.17, 15) is 5.11 Å². The lowest BCUT2D eigenvalue weighted by Crippen LogP contribution is -2.34. The molecule has 5 heteroatoms. The number of aliphatic imine (C=N–C) groups is 1. The first kappa shape index (κ1) is 12.3. The number of hydrogen-bond acceptors (Lipinski definition) is 3. The van der Waals surface area contributed by atoms with Crippen LogP contribution < -0.4 is 11.1 Å². The molecule has 17 heavy (non-hydrogen) atoms. The van der Waals surface area contributed by atoms with Gasteiger partial charge in [-0.25, -0.2) is 0 Å². The molecule has 2 rings (SSSR count). The predicted molar refractivity (Wildman–Crippen MR) is 73.4 cm³/mol. The highest BCUT2D eigenvalue weighted by Gasteiger charge is 2.31. The zero-order chi connectivity index (χ0) is 12.1. The Morgan fingerprint density at radius 2 is 2.24 bits per heavy atom. The minimum Gasteiger partial charge on any atom is -0.387 e. The number of nitrogens with one attached hydrogen (secondary N) is 1. The number of thioether (sulfide) groups is 1. The zero-order valence-electron chi connectivity index (χ0n) is 9.60. The number of anilines is 1. The first-order valence-corrected chi connectivity index (χ1v) is 6.76. The second-order valence-corrected chi connectivity index (χ2v) is 5.32. The van der Waals surface area contributed by atoms with Crippen molar-refractivity contribution < 1.29 is 5.11 Å². The van der Waals surface area contributed by atoms with Crippen molar-refractivity contribution in [3.05, 3.63) is 30.3 Å². The van der Waals surface area contributed by atoms with Crippen LogP contribution in [0.15, 0.2) is 35.3 Å². The van der Waals surface area contributed by atoms with Gasteiger partial charge in [0.15, 0.2) is 5.96 Å². The van der Waals surface area contributed by atoms with Gasteiger partial charge in [0.2, 0.25) is 0 Å². The van der Waals surface area contributed by atoms with E-state index in [4.69, 9.17) is 5.73 Å². The summed E-state index contributed by atoms with van der Waals surface area (Å²) in [4.78, 5) is 4.19. The van der Waals surface area contributed by atoms with Crippen LogP contribution >= 0.6 is 11.8 Å². The largest absolute Gasteiger partial charge is 0.387 e. The molecule has 0 aromatic heterocycles. The number of benzene rings is 1. The highest BCUT2D eigenvalue weighted by Crippen LogP contribution is 2.27. The van der Waals surface area contributed by atoms with E-state index in [0.717, 1.165) is 23.6 Å². The van der Waals surface area contributed by atoms with Crippen molar-refractivity contribution in [2.75, 3.05) is 23.4 Å². The van der Waals surface area contributed by atoms with Crippen molar-refractivity contribution in [2.45, 2.75) is 12.0 Å². The van der Waals surface area contributed by atoms with Gasteiger partial charge in [0, 0.05) is 11.4 Å². The molecule has 1 heterocycles. The van der Waals surface area contributed by atoms with Gasteiger partial charge >= 0.3 is 0 Å². The minimum absolute atomic E-state index is 0.349. The molecule has 0 radical (unpaired) electrons. The van der Waals surface area contributed by atoms with Crippen molar-refractivity contribution in [1.29, 1.82) is 0 Å². The van der Waals surface area contributed by atoms with Crippen LogP contribution in [0.1, 0.15) is 6.42 Å². The highest BCUT2D eigenvalue weighted by molar-refractivity contribution is 7.99. The Kier molecular flexibility index (Phi) is 3.91. The monoisotopic (exact) mass is 251 g/mol. The fraction of sp³-hybridized carbons (Fsp3) is 0.417. The van der Waals surface area contributed by atoms with Gasteiger partial charge in [0.1, 0.15) is 0 Å². The summed E-state index contributed by atoms with van der Waals surface area (Å²) in [6.45, 7) is 0.367. The average Bonchev–Trinajstić information content (AvgIpc) is 2.76. The minimum atomic E-state index is -0.673. The van der Waals surface area contributed by atoms with Crippen LogP contribution in [0.4, 0.5) is 5.69 Å². The van der Waals surface area contributed by atoms with Crippen molar-refractivity contribution in [3.8, 4) is 0 Å². The van der Waals surface area contributed by atoms with Crippen molar-refractivity contribution in [1.82, 2.24) is 0 Å². The number of aliphatic hydroxyl groups is 1. The second kappa shape index (κ2) is 5.42. The Bertz CT molecular complexity index is 388. The molecule has 0 aliphatic carbocycles. The lowest BCUT2D eigenvalue weighted by atomic mass is 10.1. The van der Waals surface area contributed by atoms with E-state index in [-0.39, 0.29) is 0 Å². The molecule has 1 fully saturated rings. The number of rotatable bonds is 3. The molecule has 1 aliphatic rings. The van der Waals surface area contributed by atoms with Gasteiger partial charge in [-0.15, -0.1) is 0 Å². The molecule has 0 bridgehead atoms. The summed E-state index contributed by atoms with van der Waals surface area (Å²) < 4.78 is 0. The smallest absolute Gasteiger partial charge is 0.193 e. The molecular weight excluding hydrogens is 234 g/mol. The summed E-state index contributed by atoms with van der Waals surface area (Å²) in [6, 6.07) is 9.63. The van der Waals surface area contributed by atoms with E-state index >= 15 is 0 Å². The Labute approximate surface area is 105 Å². The maximum atomic E-state index is 10.1. The van der Waals surface area contributed by atoms with Gasteiger partial charge in [-0.05, 0) is 24.3 Å². The number of hydrogen-bond donors (Lipinski definition) is 3. The normalized spacial score (nSPS) is 24.9. The molecule has 0 saturated carbocycles. The fourth-order valence-electron chi connectivity index (χ4n) is 1.66. The molecular formula is C12H17N3OS. The van der Waals surface area contributed by atoms with E-state index in [1.165, 1.54) is 0 Å². The summed E-state index contributed by atoms with van der Waals surface area (Å²) in [5.74, 6) is 2.09. The van der Waals surface area contributed by atoms with E-state index in [0.29, 0.717) is 12.5 Å². The summed E-state index contributed by atoms with van der Waals surface area (Å²) in [7, 11) is 0. The standard InChI is InChI=1S/C12H17N3OS/c13-11(15-10-4-2-1-3-5-10)14-8-12(16)6-7-17-9-12/h1-5,16H,6-9H2,(H3,13,14,15). The lowest BCUT2D eigenvalue weighted by molar-refractivity contribution is 0.0780. The Morgan fingerprint density at radius 1 is 1.47 bits per heavy atom. The molecule has 1 saturated heterocycles. The van der Waals surface area contributed by atoms with E-state index < -0.39 is 5.60 Å². The topological polar surface area (TPSA) is 70.6 Å². The van der Waals surface area contributed by atoms with Crippen LogP contribution in [0.25, 0.3) is 0 Å². The maximum absolute atomic E-state index is 10.1. The number of guanidine groups is 1. The van der Waals surface area contributed by atoms with Gasteiger partial charge in [-0.3, -0.25) is 4.99 Å². The van der Waals surface area contributed by atoms with E-state index in [1.807, 2.05) is 30.3 Å². The number of para-hydroxylation sites is 1. The summed E-state index contributed by atoms with van der Waals surface area (Å²) >= 11 is 1.76. The molecule has 1 unspecified atom stereocenters. The van der Waals surface area contributed by atoms with Gasteiger partial charge in [-0.2, -0.15) is 11.8 Å². The Balaban J connectivity index is 1.89. The molecule has 1 aliphatic heterocycles. The van der Waals surface area contributed by atoms with Gasteiger partial charge in [0.25, 0.3) is 0 Å². The molecule has 4 N–H and O–H groups in total. The van der Waals surface area contributed by atoms with Crippen LogP contribution in [-0.2, 0) is 0 Å². The molecule has 92 valence electrons. The van der Waals surface area contributed by atoms with Crippen molar-refractivity contribution in [3.63, 3.8) is 0 Å². The quantitative estimate of drug-likeness (QED) is 0.559. The van der Waals surface area contributed by atoms with Crippen LogP contribution in [0, 0.1) is 0 Å². The maximum Gasteiger partial charge on any atom is 0.193 e. The summed E-state index contributed by atoms with van der Waals surface area (Å²) in [6.07, 6.45) is 0.791.